The van der Waals surface area contributed by atoms with Crippen LogP contribution in [0.15, 0.2) is 89.8 Å². The van der Waals surface area contributed by atoms with Crippen LogP contribution in [0.4, 0.5) is 17.1 Å². The van der Waals surface area contributed by atoms with Gasteiger partial charge in [-0.3, -0.25) is 24.2 Å². The third kappa shape index (κ3) is 3.95. The van der Waals surface area contributed by atoms with Gasteiger partial charge in [0.05, 0.1) is 34.7 Å². The number of hydrogen-bond acceptors (Lipinski definition) is 4. The maximum absolute atomic E-state index is 13.6. The van der Waals surface area contributed by atoms with E-state index in [4.69, 9.17) is 0 Å². The molecule has 5 nitrogen and oxygen atoms in total. The fourth-order valence-corrected chi connectivity index (χ4v) is 6.25. The summed E-state index contributed by atoms with van der Waals surface area (Å²) in [4.78, 5) is 43.4. The van der Waals surface area contributed by atoms with Gasteiger partial charge in [-0.05, 0) is 73.2 Å². The summed E-state index contributed by atoms with van der Waals surface area (Å²) in [5, 5.41) is 0. The SMILES string of the molecule is O=C1[C@H]2CC=CC[C@@H]2C(=O)N1c1ccc(SCC(=O)N2c3ccccc3CCc3ccccc32)cc1. The zero-order valence-corrected chi connectivity index (χ0v) is 20.6. The monoisotopic (exact) mass is 494 g/mol. The molecule has 0 bridgehead atoms. The highest BCUT2D eigenvalue weighted by Gasteiger charge is 2.47. The number of rotatable bonds is 4. The summed E-state index contributed by atoms with van der Waals surface area (Å²) in [6.07, 6.45) is 7.05. The lowest BCUT2D eigenvalue weighted by Gasteiger charge is -2.25. The Morgan fingerprint density at radius 2 is 1.28 bits per heavy atom. The van der Waals surface area contributed by atoms with E-state index in [1.165, 1.54) is 27.8 Å². The lowest BCUT2D eigenvalue weighted by molar-refractivity contribution is -0.122. The van der Waals surface area contributed by atoms with E-state index in [-0.39, 0.29) is 35.3 Å². The topological polar surface area (TPSA) is 57.7 Å². The summed E-state index contributed by atoms with van der Waals surface area (Å²) in [7, 11) is 0. The molecule has 2 heterocycles. The smallest absolute Gasteiger partial charge is 0.241 e. The number of amides is 3. The Balaban J connectivity index is 1.19. The van der Waals surface area contributed by atoms with Crippen LogP contribution in [0, 0.1) is 11.8 Å². The zero-order chi connectivity index (χ0) is 24.6. The van der Waals surface area contributed by atoms with Crippen LogP contribution in [-0.4, -0.2) is 23.5 Å². The number of hydrogen-bond donors (Lipinski definition) is 0. The molecule has 3 aromatic rings. The van der Waals surface area contributed by atoms with Gasteiger partial charge in [0, 0.05) is 4.90 Å². The summed E-state index contributed by atoms with van der Waals surface area (Å²) in [5.74, 6) is -0.402. The number of benzene rings is 3. The number of carbonyl (C=O) groups is 3. The van der Waals surface area contributed by atoms with Crippen molar-refractivity contribution in [3.63, 3.8) is 0 Å². The first-order valence-electron chi connectivity index (χ1n) is 12.4. The minimum atomic E-state index is -0.242. The number of allylic oxidation sites excluding steroid dienone is 2. The maximum atomic E-state index is 13.6. The molecule has 0 radical (unpaired) electrons. The van der Waals surface area contributed by atoms with Crippen LogP contribution >= 0.6 is 11.8 Å². The quantitative estimate of drug-likeness (QED) is 0.265. The first-order valence-corrected chi connectivity index (χ1v) is 13.3. The minimum Gasteiger partial charge on any atom is -0.280 e. The molecule has 3 amide bonds. The molecule has 6 rings (SSSR count). The third-order valence-corrected chi connectivity index (χ3v) is 8.34. The molecular weight excluding hydrogens is 468 g/mol. The zero-order valence-electron chi connectivity index (χ0n) is 19.8. The van der Waals surface area contributed by atoms with E-state index in [0.29, 0.717) is 18.5 Å². The van der Waals surface area contributed by atoms with Crippen molar-refractivity contribution in [2.45, 2.75) is 30.6 Å². The molecule has 180 valence electrons. The highest BCUT2D eigenvalue weighted by Crippen LogP contribution is 2.39. The van der Waals surface area contributed by atoms with Gasteiger partial charge in [-0.15, -0.1) is 11.8 Å². The van der Waals surface area contributed by atoms with Crippen LogP contribution in [0.2, 0.25) is 0 Å². The number of thioether (sulfide) groups is 1. The van der Waals surface area contributed by atoms with Gasteiger partial charge in [0.25, 0.3) is 0 Å². The van der Waals surface area contributed by atoms with Crippen molar-refractivity contribution in [1.29, 1.82) is 0 Å². The standard InChI is InChI=1S/C30H26N2O3S/c33-28(32-26-11-5-1-7-20(26)13-14-21-8-2-6-12-27(21)32)19-36-23-17-15-22(16-18-23)31-29(34)24-9-3-4-10-25(24)30(31)35/h1-8,11-12,15-18,24-25H,9-10,13-14,19H2/t24-,25-/m0/s1. The number of anilines is 3. The molecule has 2 atom stereocenters. The van der Waals surface area contributed by atoms with E-state index in [9.17, 15) is 14.4 Å². The van der Waals surface area contributed by atoms with Gasteiger partial charge in [0.2, 0.25) is 17.7 Å². The molecule has 1 fully saturated rings. The van der Waals surface area contributed by atoms with E-state index >= 15 is 0 Å². The van der Waals surface area contributed by atoms with Crippen molar-refractivity contribution in [3.05, 3.63) is 96.1 Å². The Labute approximate surface area is 214 Å². The van der Waals surface area contributed by atoms with Gasteiger partial charge in [0.1, 0.15) is 0 Å². The van der Waals surface area contributed by atoms with Gasteiger partial charge in [-0.25, -0.2) is 0 Å². The number of aryl methyl sites for hydroxylation is 2. The molecule has 2 aliphatic heterocycles. The fourth-order valence-electron chi connectivity index (χ4n) is 5.50. The molecule has 1 saturated heterocycles. The molecule has 0 spiro atoms. The van der Waals surface area contributed by atoms with Crippen molar-refractivity contribution in [2.24, 2.45) is 11.8 Å². The molecule has 0 saturated carbocycles. The van der Waals surface area contributed by atoms with Crippen molar-refractivity contribution in [2.75, 3.05) is 15.6 Å². The fraction of sp³-hybridized carbons (Fsp3) is 0.233. The highest BCUT2D eigenvalue weighted by atomic mass is 32.2. The minimum absolute atomic E-state index is 0.0207. The van der Waals surface area contributed by atoms with Crippen LogP contribution in [0.3, 0.4) is 0 Å². The van der Waals surface area contributed by atoms with Crippen LogP contribution < -0.4 is 9.80 Å². The summed E-state index contributed by atoms with van der Waals surface area (Å²) < 4.78 is 0. The van der Waals surface area contributed by atoms with E-state index in [1.807, 2.05) is 77.7 Å². The second kappa shape index (κ2) is 9.43. The van der Waals surface area contributed by atoms with Crippen molar-refractivity contribution in [1.82, 2.24) is 0 Å². The van der Waals surface area contributed by atoms with Crippen molar-refractivity contribution < 1.29 is 14.4 Å². The molecule has 0 aromatic heterocycles. The molecule has 1 aliphatic carbocycles. The predicted molar refractivity (Wildman–Crippen MR) is 142 cm³/mol. The Kier molecular flexibility index (Phi) is 5.97. The lowest BCUT2D eigenvalue weighted by Crippen LogP contribution is -2.30. The van der Waals surface area contributed by atoms with Gasteiger partial charge < -0.3 is 0 Å². The molecular formula is C30H26N2O3S. The summed E-state index contributed by atoms with van der Waals surface area (Å²) in [5.41, 5.74) is 4.85. The molecule has 0 unspecified atom stereocenters. The molecule has 3 aromatic carbocycles. The van der Waals surface area contributed by atoms with E-state index in [0.717, 1.165) is 29.1 Å². The molecule has 0 N–H and O–H groups in total. The average molecular weight is 495 g/mol. The number of para-hydroxylation sites is 2. The second-order valence-electron chi connectivity index (χ2n) is 9.44. The Bertz CT molecular complexity index is 1310. The largest absolute Gasteiger partial charge is 0.280 e. The van der Waals surface area contributed by atoms with Gasteiger partial charge >= 0.3 is 0 Å². The normalized spacial score (nSPS) is 20.6. The Morgan fingerprint density at radius 1 is 0.750 bits per heavy atom. The number of nitrogens with zero attached hydrogens (tertiary/aromatic N) is 2. The summed E-state index contributed by atoms with van der Waals surface area (Å²) in [6, 6.07) is 23.6. The summed E-state index contributed by atoms with van der Waals surface area (Å²) in [6.45, 7) is 0. The van der Waals surface area contributed by atoms with Crippen molar-refractivity contribution >= 4 is 46.5 Å². The van der Waals surface area contributed by atoms with Crippen molar-refractivity contribution in [3.8, 4) is 0 Å². The van der Waals surface area contributed by atoms with Gasteiger partial charge in [0.15, 0.2) is 0 Å². The second-order valence-corrected chi connectivity index (χ2v) is 10.5. The van der Waals surface area contributed by atoms with E-state index in [1.54, 1.807) is 0 Å². The van der Waals surface area contributed by atoms with Crippen LogP contribution in [0.25, 0.3) is 0 Å². The number of imide groups is 1. The van der Waals surface area contributed by atoms with Crippen LogP contribution in [0.5, 0.6) is 0 Å². The van der Waals surface area contributed by atoms with Gasteiger partial charge in [-0.1, -0.05) is 48.6 Å². The Hall–Kier alpha value is -3.64. The summed E-state index contributed by atoms with van der Waals surface area (Å²) >= 11 is 1.46. The van der Waals surface area contributed by atoms with E-state index in [2.05, 4.69) is 12.1 Å². The van der Waals surface area contributed by atoms with Crippen LogP contribution in [0.1, 0.15) is 24.0 Å². The first-order chi connectivity index (χ1) is 17.6. The molecule has 36 heavy (non-hydrogen) atoms. The molecule has 6 heteroatoms. The predicted octanol–water partition coefficient (Wildman–Crippen LogP) is 5.70. The van der Waals surface area contributed by atoms with Crippen LogP contribution in [-0.2, 0) is 27.2 Å². The maximum Gasteiger partial charge on any atom is 0.241 e. The van der Waals surface area contributed by atoms with Gasteiger partial charge in [-0.2, -0.15) is 0 Å². The number of fused-ring (bicyclic) bond motifs is 3. The molecule has 3 aliphatic rings. The Morgan fingerprint density at radius 3 is 1.83 bits per heavy atom. The highest BCUT2D eigenvalue weighted by molar-refractivity contribution is 8.00. The third-order valence-electron chi connectivity index (χ3n) is 7.34. The lowest BCUT2D eigenvalue weighted by atomic mass is 9.85. The van der Waals surface area contributed by atoms with E-state index < -0.39 is 0 Å². The number of carbonyl (C=O) groups excluding carboxylic acids is 3. The first kappa shape index (κ1) is 22.8. The average Bonchev–Trinajstić information content (AvgIpc) is 3.07.